The summed E-state index contributed by atoms with van der Waals surface area (Å²) in [4.78, 5) is 25.4. The van der Waals surface area contributed by atoms with Crippen LogP contribution in [0.15, 0.2) is 30.6 Å². The summed E-state index contributed by atoms with van der Waals surface area (Å²) in [6.07, 6.45) is 5.12. The Bertz CT molecular complexity index is 729. The number of rotatable bonds is 5. The van der Waals surface area contributed by atoms with Crippen LogP contribution in [-0.2, 0) is 12.8 Å². The Labute approximate surface area is 155 Å². The molecule has 6 nitrogen and oxygen atoms in total. The number of likely N-dealkylation sites (N-methyl/N-ethyl adjacent to an activating group) is 1. The largest absolute Gasteiger partial charge is 0.338 e. The van der Waals surface area contributed by atoms with Crippen LogP contribution in [0.3, 0.4) is 0 Å². The van der Waals surface area contributed by atoms with Crippen molar-refractivity contribution in [1.29, 1.82) is 0 Å². The lowest BCUT2D eigenvalue weighted by molar-refractivity contribution is 0.0658. The van der Waals surface area contributed by atoms with Gasteiger partial charge < -0.3 is 15.1 Å². The molecule has 0 radical (unpaired) electrons. The van der Waals surface area contributed by atoms with Crippen molar-refractivity contribution in [2.75, 3.05) is 38.5 Å². The molecule has 0 aliphatic carbocycles. The van der Waals surface area contributed by atoms with Gasteiger partial charge in [-0.3, -0.25) is 4.79 Å². The fourth-order valence-corrected chi connectivity index (χ4v) is 3.21. The third kappa shape index (κ3) is 4.02. The van der Waals surface area contributed by atoms with E-state index in [-0.39, 0.29) is 5.91 Å². The molecule has 0 saturated carbocycles. The number of hydrogen-bond acceptors (Lipinski definition) is 5. The van der Waals surface area contributed by atoms with E-state index in [1.807, 2.05) is 4.90 Å². The highest BCUT2D eigenvalue weighted by Gasteiger charge is 2.21. The minimum atomic E-state index is -0.0413. The van der Waals surface area contributed by atoms with Crippen LogP contribution in [0.25, 0.3) is 0 Å². The number of aromatic nitrogens is 2. The summed E-state index contributed by atoms with van der Waals surface area (Å²) in [6, 6.07) is 6.34. The van der Waals surface area contributed by atoms with Crippen molar-refractivity contribution in [3.05, 3.63) is 47.4 Å². The van der Waals surface area contributed by atoms with Crippen molar-refractivity contribution in [3.63, 3.8) is 0 Å². The van der Waals surface area contributed by atoms with E-state index in [4.69, 9.17) is 0 Å². The number of benzene rings is 1. The number of nitrogens with one attached hydrogen (secondary N) is 1. The highest BCUT2D eigenvalue weighted by atomic mass is 16.2. The molecule has 1 aromatic heterocycles. The molecule has 2 aromatic rings. The third-order valence-corrected chi connectivity index (χ3v) is 4.91. The summed E-state index contributed by atoms with van der Waals surface area (Å²) in [5.41, 5.74) is 4.01. The molecule has 6 heteroatoms. The molecule has 1 fully saturated rings. The van der Waals surface area contributed by atoms with Crippen molar-refractivity contribution in [2.24, 2.45) is 0 Å². The monoisotopic (exact) mass is 353 g/mol. The fraction of sp³-hybridized carbons (Fsp3) is 0.450. The molecule has 0 bridgehead atoms. The van der Waals surface area contributed by atoms with Crippen molar-refractivity contribution < 1.29 is 4.79 Å². The van der Waals surface area contributed by atoms with Gasteiger partial charge in [0, 0.05) is 31.9 Å². The zero-order valence-electron chi connectivity index (χ0n) is 15.8. The van der Waals surface area contributed by atoms with E-state index in [2.05, 4.69) is 59.3 Å². The van der Waals surface area contributed by atoms with Crippen LogP contribution < -0.4 is 5.32 Å². The first-order valence-electron chi connectivity index (χ1n) is 9.30. The van der Waals surface area contributed by atoms with Gasteiger partial charge in [-0.1, -0.05) is 32.0 Å². The zero-order chi connectivity index (χ0) is 18.5. The van der Waals surface area contributed by atoms with E-state index in [0.717, 1.165) is 44.7 Å². The average Bonchev–Trinajstić information content (AvgIpc) is 2.68. The van der Waals surface area contributed by atoms with Crippen LogP contribution >= 0.6 is 0 Å². The lowest BCUT2D eigenvalue weighted by atomic mass is 10.0. The molecule has 1 aromatic carbocycles. The Balaban J connectivity index is 1.73. The third-order valence-electron chi connectivity index (χ3n) is 4.91. The number of amides is 1. The number of carbonyl (C=O) groups is 1. The maximum atomic E-state index is 12.6. The van der Waals surface area contributed by atoms with Crippen LogP contribution in [-0.4, -0.2) is 58.9 Å². The maximum absolute atomic E-state index is 12.6. The van der Waals surface area contributed by atoms with E-state index in [0.29, 0.717) is 11.5 Å². The molecule has 0 spiro atoms. The SMILES string of the molecule is CCc1cccc(CC)c1Nc1cnc(C(=O)N2CCN(C)CC2)cn1. The maximum Gasteiger partial charge on any atom is 0.274 e. The molecule has 26 heavy (non-hydrogen) atoms. The molecule has 0 atom stereocenters. The molecule has 0 unspecified atom stereocenters. The van der Waals surface area contributed by atoms with Crippen molar-refractivity contribution in [1.82, 2.24) is 19.8 Å². The Kier molecular flexibility index (Phi) is 5.83. The van der Waals surface area contributed by atoms with Crippen LogP contribution in [0.4, 0.5) is 11.5 Å². The first-order chi connectivity index (χ1) is 12.6. The summed E-state index contributed by atoms with van der Waals surface area (Å²) in [5, 5.41) is 3.39. The van der Waals surface area contributed by atoms with Gasteiger partial charge in [0.2, 0.25) is 0 Å². The topological polar surface area (TPSA) is 61.4 Å². The van der Waals surface area contributed by atoms with E-state index in [1.54, 1.807) is 12.4 Å². The predicted octanol–water partition coefficient (Wildman–Crippen LogP) is 2.73. The van der Waals surface area contributed by atoms with Crippen LogP contribution in [0.5, 0.6) is 0 Å². The van der Waals surface area contributed by atoms with Crippen LogP contribution in [0, 0.1) is 0 Å². The zero-order valence-corrected chi connectivity index (χ0v) is 15.8. The molecule has 3 rings (SSSR count). The molecule has 1 N–H and O–H groups in total. The van der Waals surface area contributed by atoms with Gasteiger partial charge in [0.15, 0.2) is 0 Å². The van der Waals surface area contributed by atoms with Crippen molar-refractivity contribution >= 4 is 17.4 Å². The highest BCUT2D eigenvalue weighted by molar-refractivity contribution is 5.92. The summed E-state index contributed by atoms with van der Waals surface area (Å²) in [7, 11) is 2.07. The lowest BCUT2D eigenvalue weighted by Crippen LogP contribution is -2.47. The number of carbonyl (C=O) groups excluding carboxylic acids is 1. The van der Waals surface area contributed by atoms with Gasteiger partial charge in [-0.05, 0) is 31.0 Å². The number of hydrogen-bond donors (Lipinski definition) is 1. The Hall–Kier alpha value is -2.47. The second kappa shape index (κ2) is 8.27. The predicted molar refractivity (Wildman–Crippen MR) is 104 cm³/mol. The fourth-order valence-electron chi connectivity index (χ4n) is 3.21. The van der Waals surface area contributed by atoms with E-state index >= 15 is 0 Å². The van der Waals surface area contributed by atoms with E-state index in [1.165, 1.54) is 11.1 Å². The number of piperazine rings is 1. The summed E-state index contributed by atoms with van der Waals surface area (Å²) >= 11 is 0. The van der Waals surface area contributed by atoms with Gasteiger partial charge in [0.1, 0.15) is 11.5 Å². The van der Waals surface area contributed by atoms with Gasteiger partial charge in [-0.25, -0.2) is 9.97 Å². The quantitative estimate of drug-likeness (QED) is 0.896. The lowest BCUT2D eigenvalue weighted by Gasteiger charge is -2.32. The summed E-state index contributed by atoms with van der Waals surface area (Å²) in [5.74, 6) is 0.621. The second-order valence-corrected chi connectivity index (χ2v) is 6.67. The molecular weight excluding hydrogens is 326 g/mol. The number of anilines is 2. The highest BCUT2D eigenvalue weighted by Crippen LogP contribution is 2.25. The van der Waals surface area contributed by atoms with Gasteiger partial charge in [-0.15, -0.1) is 0 Å². The molecule has 1 aliphatic heterocycles. The number of nitrogens with zero attached hydrogens (tertiary/aromatic N) is 4. The van der Waals surface area contributed by atoms with Crippen molar-refractivity contribution in [3.8, 4) is 0 Å². The Morgan fingerprint density at radius 2 is 1.69 bits per heavy atom. The van der Waals surface area contributed by atoms with Crippen LogP contribution in [0.2, 0.25) is 0 Å². The van der Waals surface area contributed by atoms with E-state index < -0.39 is 0 Å². The summed E-state index contributed by atoms with van der Waals surface area (Å²) < 4.78 is 0. The second-order valence-electron chi connectivity index (χ2n) is 6.67. The summed E-state index contributed by atoms with van der Waals surface area (Å²) in [6.45, 7) is 7.55. The minimum Gasteiger partial charge on any atom is -0.338 e. The number of aryl methyl sites for hydroxylation is 2. The normalized spacial score (nSPS) is 15.1. The Morgan fingerprint density at radius 1 is 1.04 bits per heavy atom. The number of para-hydroxylation sites is 1. The standard InChI is InChI=1S/C20H27N5O/c1-4-15-7-6-8-16(5-2)19(15)23-18-14-21-17(13-22-18)20(26)25-11-9-24(3)10-12-25/h6-8,13-14H,4-5,9-12H2,1-3H3,(H,22,23). The molecule has 2 heterocycles. The smallest absolute Gasteiger partial charge is 0.274 e. The molecular formula is C20H27N5O. The van der Waals surface area contributed by atoms with Crippen molar-refractivity contribution in [2.45, 2.75) is 26.7 Å². The van der Waals surface area contributed by atoms with Gasteiger partial charge in [-0.2, -0.15) is 0 Å². The molecule has 1 amide bonds. The first kappa shape index (κ1) is 18.3. The Morgan fingerprint density at radius 3 is 2.23 bits per heavy atom. The van der Waals surface area contributed by atoms with Gasteiger partial charge in [0.25, 0.3) is 5.91 Å². The van der Waals surface area contributed by atoms with Crippen LogP contribution in [0.1, 0.15) is 35.5 Å². The molecule has 1 aliphatic rings. The minimum absolute atomic E-state index is 0.0413. The molecule has 1 saturated heterocycles. The average molecular weight is 353 g/mol. The molecule has 138 valence electrons. The van der Waals surface area contributed by atoms with Gasteiger partial charge >= 0.3 is 0 Å². The first-order valence-corrected chi connectivity index (χ1v) is 9.30. The van der Waals surface area contributed by atoms with E-state index in [9.17, 15) is 4.79 Å². The van der Waals surface area contributed by atoms with Gasteiger partial charge in [0.05, 0.1) is 12.4 Å².